The average molecular weight is 233 g/mol. The molecule has 2 rings (SSSR count). The number of nitrogens with zero attached hydrogens (tertiary/aromatic N) is 1. The number of hydrogen-bond acceptors (Lipinski definition) is 4. The summed E-state index contributed by atoms with van der Waals surface area (Å²) in [7, 11) is 0. The molecule has 0 unspecified atom stereocenters. The standard InChI is InChI=1S/C11H7NO5/c13-11(14)8-4-3-7(12(15)16)6-9(8)10-2-1-5-17-10/h1-6H,(H,13,14). The molecule has 2 aromatic rings. The lowest BCUT2D eigenvalue weighted by atomic mass is 10.0. The van der Waals surface area contributed by atoms with Gasteiger partial charge >= 0.3 is 5.97 Å². The van der Waals surface area contributed by atoms with Gasteiger partial charge < -0.3 is 9.52 Å². The van der Waals surface area contributed by atoms with Crippen LogP contribution < -0.4 is 0 Å². The van der Waals surface area contributed by atoms with E-state index in [-0.39, 0.29) is 22.6 Å². The number of rotatable bonds is 3. The quantitative estimate of drug-likeness (QED) is 0.649. The Bertz CT molecular complexity index is 574. The van der Waals surface area contributed by atoms with Gasteiger partial charge in [0, 0.05) is 17.7 Å². The highest BCUT2D eigenvalue weighted by Crippen LogP contribution is 2.28. The van der Waals surface area contributed by atoms with Crippen LogP contribution in [0.25, 0.3) is 11.3 Å². The first kappa shape index (κ1) is 10.9. The highest BCUT2D eigenvalue weighted by molar-refractivity contribution is 5.95. The first-order valence-electron chi connectivity index (χ1n) is 4.65. The lowest BCUT2D eigenvalue weighted by Gasteiger charge is -2.02. The maximum atomic E-state index is 11.0. The molecule has 0 bridgehead atoms. The second-order valence-corrected chi connectivity index (χ2v) is 3.27. The number of furan rings is 1. The molecule has 1 aromatic heterocycles. The Hall–Kier alpha value is -2.63. The number of nitro benzene ring substituents is 1. The second-order valence-electron chi connectivity index (χ2n) is 3.27. The molecular formula is C11H7NO5. The van der Waals surface area contributed by atoms with Gasteiger partial charge in [0.15, 0.2) is 0 Å². The van der Waals surface area contributed by atoms with Crippen molar-refractivity contribution >= 4 is 11.7 Å². The zero-order valence-electron chi connectivity index (χ0n) is 8.49. The van der Waals surface area contributed by atoms with Gasteiger partial charge in [0.05, 0.1) is 16.7 Å². The lowest BCUT2D eigenvalue weighted by Crippen LogP contribution is -2.00. The van der Waals surface area contributed by atoms with Crippen molar-refractivity contribution in [3.05, 3.63) is 52.3 Å². The molecule has 86 valence electrons. The molecule has 0 aliphatic carbocycles. The normalized spacial score (nSPS) is 10.1. The molecule has 0 atom stereocenters. The molecule has 1 aromatic carbocycles. The van der Waals surface area contributed by atoms with Crippen molar-refractivity contribution in [1.29, 1.82) is 0 Å². The molecule has 1 N–H and O–H groups in total. The molecule has 0 aliphatic heterocycles. The summed E-state index contributed by atoms with van der Waals surface area (Å²) in [5, 5.41) is 19.6. The van der Waals surface area contributed by atoms with Gasteiger partial charge in [0.2, 0.25) is 0 Å². The Balaban J connectivity index is 2.64. The molecular weight excluding hydrogens is 226 g/mol. The Morgan fingerprint density at radius 1 is 1.35 bits per heavy atom. The maximum Gasteiger partial charge on any atom is 0.336 e. The fraction of sp³-hybridized carbons (Fsp3) is 0. The summed E-state index contributed by atoms with van der Waals surface area (Å²) in [5.74, 6) is -0.877. The van der Waals surface area contributed by atoms with Crippen LogP contribution in [0, 0.1) is 10.1 Å². The Morgan fingerprint density at radius 3 is 2.65 bits per heavy atom. The van der Waals surface area contributed by atoms with E-state index in [1.54, 1.807) is 12.1 Å². The smallest absolute Gasteiger partial charge is 0.336 e. The van der Waals surface area contributed by atoms with E-state index in [4.69, 9.17) is 9.52 Å². The van der Waals surface area contributed by atoms with Crippen molar-refractivity contribution in [3.63, 3.8) is 0 Å². The van der Waals surface area contributed by atoms with Gasteiger partial charge in [-0.05, 0) is 18.2 Å². The summed E-state index contributed by atoms with van der Waals surface area (Å²) in [6.07, 6.45) is 1.37. The number of nitro groups is 1. The molecule has 0 amide bonds. The summed E-state index contributed by atoms with van der Waals surface area (Å²) >= 11 is 0. The average Bonchev–Trinajstić information content (AvgIpc) is 2.81. The van der Waals surface area contributed by atoms with Crippen molar-refractivity contribution in [3.8, 4) is 11.3 Å². The van der Waals surface area contributed by atoms with Crippen LogP contribution in [0.3, 0.4) is 0 Å². The zero-order valence-corrected chi connectivity index (χ0v) is 8.49. The SMILES string of the molecule is O=C(O)c1ccc([N+](=O)[O-])cc1-c1ccco1. The van der Waals surface area contributed by atoms with Gasteiger partial charge in [0.25, 0.3) is 5.69 Å². The molecule has 6 nitrogen and oxygen atoms in total. The van der Waals surface area contributed by atoms with Gasteiger partial charge in [-0.1, -0.05) is 0 Å². The third-order valence-electron chi connectivity index (χ3n) is 2.23. The highest BCUT2D eigenvalue weighted by atomic mass is 16.6. The minimum Gasteiger partial charge on any atom is -0.478 e. The predicted octanol–water partition coefficient (Wildman–Crippen LogP) is 2.55. The summed E-state index contributed by atoms with van der Waals surface area (Å²) in [5.41, 5.74) is -0.0244. The number of non-ortho nitro benzene ring substituents is 1. The Morgan fingerprint density at radius 2 is 2.12 bits per heavy atom. The van der Waals surface area contributed by atoms with E-state index in [0.29, 0.717) is 0 Å². The van der Waals surface area contributed by atoms with Gasteiger partial charge in [-0.25, -0.2) is 4.79 Å². The van der Waals surface area contributed by atoms with E-state index in [2.05, 4.69) is 0 Å². The first-order valence-corrected chi connectivity index (χ1v) is 4.65. The zero-order chi connectivity index (χ0) is 12.4. The molecule has 0 fully saturated rings. The second kappa shape index (κ2) is 4.09. The Labute approximate surface area is 95.3 Å². The molecule has 17 heavy (non-hydrogen) atoms. The van der Waals surface area contributed by atoms with Gasteiger partial charge in [0.1, 0.15) is 5.76 Å². The number of carboxylic acids is 1. The molecule has 0 spiro atoms. The Kier molecular flexibility index (Phi) is 2.61. The number of benzene rings is 1. The van der Waals surface area contributed by atoms with Crippen LogP contribution in [0.2, 0.25) is 0 Å². The summed E-state index contributed by atoms with van der Waals surface area (Å²) in [6, 6.07) is 6.65. The number of hydrogen-bond donors (Lipinski definition) is 1. The highest BCUT2D eigenvalue weighted by Gasteiger charge is 2.17. The van der Waals surface area contributed by atoms with Crippen molar-refractivity contribution in [2.24, 2.45) is 0 Å². The fourth-order valence-electron chi connectivity index (χ4n) is 1.47. The van der Waals surface area contributed by atoms with Crippen LogP contribution in [0.15, 0.2) is 41.0 Å². The minimum absolute atomic E-state index is 0.0365. The van der Waals surface area contributed by atoms with Crippen LogP contribution in [0.5, 0.6) is 0 Å². The van der Waals surface area contributed by atoms with Crippen LogP contribution in [-0.2, 0) is 0 Å². The van der Waals surface area contributed by atoms with Crippen molar-refractivity contribution in [2.45, 2.75) is 0 Å². The van der Waals surface area contributed by atoms with E-state index in [0.717, 1.165) is 6.07 Å². The van der Waals surface area contributed by atoms with E-state index in [1.165, 1.54) is 18.4 Å². The van der Waals surface area contributed by atoms with Crippen LogP contribution >= 0.6 is 0 Å². The van der Waals surface area contributed by atoms with Crippen LogP contribution in [-0.4, -0.2) is 16.0 Å². The topological polar surface area (TPSA) is 93.6 Å². The maximum absolute atomic E-state index is 11.0. The van der Waals surface area contributed by atoms with Gasteiger partial charge in [-0.2, -0.15) is 0 Å². The first-order chi connectivity index (χ1) is 8.09. The molecule has 0 saturated carbocycles. The largest absolute Gasteiger partial charge is 0.478 e. The fourth-order valence-corrected chi connectivity index (χ4v) is 1.47. The third kappa shape index (κ3) is 2.00. The molecule has 0 aliphatic rings. The predicted molar refractivity (Wildman–Crippen MR) is 57.8 cm³/mol. The summed E-state index contributed by atoms with van der Waals surface area (Å²) in [4.78, 5) is 21.0. The number of aromatic carboxylic acids is 1. The molecule has 6 heteroatoms. The van der Waals surface area contributed by atoms with E-state index in [1.807, 2.05) is 0 Å². The van der Waals surface area contributed by atoms with Crippen LogP contribution in [0.4, 0.5) is 5.69 Å². The van der Waals surface area contributed by atoms with E-state index in [9.17, 15) is 14.9 Å². The molecule has 1 heterocycles. The van der Waals surface area contributed by atoms with Gasteiger partial charge in [-0.15, -0.1) is 0 Å². The third-order valence-corrected chi connectivity index (χ3v) is 2.23. The van der Waals surface area contributed by atoms with Gasteiger partial charge in [-0.3, -0.25) is 10.1 Å². The van der Waals surface area contributed by atoms with Crippen molar-refractivity contribution in [2.75, 3.05) is 0 Å². The lowest BCUT2D eigenvalue weighted by molar-refractivity contribution is -0.384. The number of carboxylic acid groups (broad SMARTS) is 1. The molecule has 0 saturated heterocycles. The van der Waals surface area contributed by atoms with Crippen molar-refractivity contribution in [1.82, 2.24) is 0 Å². The molecule has 0 radical (unpaired) electrons. The monoisotopic (exact) mass is 233 g/mol. The summed E-state index contributed by atoms with van der Waals surface area (Å²) in [6.45, 7) is 0. The van der Waals surface area contributed by atoms with E-state index >= 15 is 0 Å². The number of carbonyl (C=O) groups is 1. The minimum atomic E-state index is -1.16. The van der Waals surface area contributed by atoms with Crippen molar-refractivity contribution < 1.29 is 19.2 Å². The summed E-state index contributed by atoms with van der Waals surface area (Å²) < 4.78 is 5.06. The van der Waals surface area contributed by atoms with Crippen LogP contribution in [0.1, 0.15) is 10.4 Å². The van der Waals surface area contributed by atoms with E-state index < -0.39 is 10.9 Å².